The molecule has 1 aromatic heterocycles. The van der Waals surface area contributed by atoms with Gasteiger partial charge in [0, 0.05) is 37.3 Å². The first-order chi connectivity index (χ1) is 8.83. The lowest BCUT2D eigenvalue weighted by atomic mass is 10.2. The molecule has 1 heterocycles. The summed E-state index contributed by atoms with van der Waals surface area (Å²) in [6, 6.07) is 8.24. The average molecular weight is 267 g/mol. The number of hydrogen-bond acceptors (Lipinski definition) is 2. The van der Waals surface area contributed by atoms with Gasteiger partial charge in [0.05, 0.1) is 11.6 Å². The predicted molar refractivity (Wildman–Crippen MR) is 76.3 cm³/mol. The van der Waals surface area contributed by atoms with Crippen molar-refractivity contribution in [3.8, 4) is 0 Å². The quantitative estimate of drug-likeness (QED) is 0.780. The van der Waals surface area contributed by atoms with Crippen LogP contribution in [0.15, 0.2) is 30.5 Å². The Kier molecular flexibility index (Phi) is 5.05. The van der Waals surface area contributed by atoms with Gasteiger partial charge in [0.25, 0.3) is 0 Å². The van der Waals surface area contributed by atoms with Gasteiger partial charge in [-0.3, -0.25) is 0 Å². The monoisotopic (exact) mass is 266 g/mol. The number of ether oxygens (including phenoxy) is 1. The van der Waals surface area contributed by atoms with E-state index in [1.165, 1.54) is 5.52 Å². The second kappa shape index (κ2) is 6.78. The van der Waals surface area contributed by atoms with Gasteiger partial charge in [0.1, 0.15) is 0 Å². The lowest BCUT2D eigenvalue weighted by Crippen LogP contribution is -2.21. The topological polar surface area (TPSA) is 26.2 Å². The Balaban J connectivity index is 1.88. The minimum Gasteiger partial charge on any atom is -0.383 e. The SMILES string of the molecule is COCCNCCCn1cc(Cl)c2ccccc21. The Labute approximate surface area is 113 Å². The molecule has 0 radical (unpaired) electrons. The smallest absolute Gasteiger partial charge is 0.0661 e. The van der Waals surface area contributed by atoms with Crippen LogP contribution in [0.4, 0.5) is 0 Å². The molecule has 3 nitrogen and oxygen atoms in total. The van der Waals surface area contributed by atoms with Gasteiger partial charge in [0.15, 0.2) is 0 Å². The van der Waals surface area contributed by atoms with Crippen LogP contribution in [0.25, 0.3) is 10.9 Å². The standard InChI is InChI=1S/C14H19ClN2O/c1-18-10-8-16-7-4-9-17-11-13(15)12-5-2-3-6-14(12)17/h2-3,5-6,11,16H,4,7-10H2,1H3. The number of halogens is 1. The van der Waals surface area contributed by atoms with Crippen molar-refractivity contribution in [2.75, 3.05) is 26.8 Å². The van der Waals surface area contributed by atoms with Gasteiger partial charge < -0.3 is 14.6 Å². The molecule has 0 atom stereocenters. The minimum atomic E-state index is 0.762. The molecule has 0 unspecified atom stereocenters. The predicted octanol–water partition coefficient (Wildman–Crippen LogP) is 2.92. The van der Waals surface area contributed by atoms with Crippen LogP contribution < -0.4 is 5.32 Å². The third-order valence-corrected chi connectivity index (χ3v) is 3.28. The molecule has 4 heteroatoms. The number of hydrogen-bond donors (Lipinski definition) is 1. The van der Waals surface area contributed by atoms with Crippen LogP contribution >= 0.6 is 11.6 Å². The van der Waals surface area contributed by atoms with E-state index in [2.05, 4.69) is 22.0 Å². The lowest BCUT2D eigenvalue weighted by Gasteiger charge is -2.06. The largest absolute Gasteiger partial charge is 0.383 e. The summed E-state index contributed by atoms with van der Waals surface area (Å²) in [6.45, 7) is 3.64. The number of para-hydroxylation sites is 1. The van der Waals surface area contributed by atoms with Gasteiger partial charge in [-0.05, 0) is 19.0 Å². The molecular weight excluding hydrogens is 248 g/mol. The molecule has 0 aliphatic rings. The Morgan fingerprint density at radius 1 is 1.28 bits per heavy atom. The highest BCUT2D eigenvalue weighted by Gasteiger charge is 2.04. The molecule has 2 aromatic rings. The minimum absolute atomic E-state index is 0.762. The summed E-state index contributed by atoms with van der Waals surface area (Å²) >= 11 is 6.21. The summed E-state index contributed by atoms with van der Waals surface area (Å²) in [4.78, 5) is 0. The fraction of sp³-hybridized carbons (Fsp3) is 0.429. The number of methoxy groups -OCH3 is 1. The van der Waals surface area contributed by atoms with E-state index in [1.807, 2.05) is 18.3 Å². The summed E-state index contributed by atoms with van der Waals surface area (Å²) in [7, 11) is 1.72. The number of nitrogens with one attached hydrogen (secondary N) is 1. The summed E-state index contributed by atoms with van der Waals surface area (Å²) in [5, 5.41) is 5.30. The fourth-order valence-electron chi connectivity index (χ4n) is 2.06. The number of rotatable bonds is 7. The highest BCUT2D eigenvalue weighted by atomic mass is 35.5. The van der Waals surface area contributed by atoms with Crippen LogP contribution in [0.1, 0.15) is 6.42 Å². The maximum Gasteiger partial charge on any atom is 0.0661 e. The molecule has 1 N–H and O–H groups in total. The van der Waals surface area contributed by atoms with Crippen LogP contribution in [0.5, 0.6) is 0 Å². The molecule has 0 spiro atoms. The van der Waals surface area contributed by atoms with Gasteiger partial charge in [-0.15, -0.1) is 0 Å². The molecule has 18 heavy (non-hydrogen) atoms. The third-order valence-electron chi connectivity index (χ3n) is 2.98. The Bertz CT molecular complexity index is 495. The van der Waals surface area contributed by atoms with Crippen LogP contribution in [0.2, 0.25) is 5.02 Å². The molecule has 0 saturated carbocycles. The Morgan fingerprint density at radius 2 is 2.11 bits per heavy atom. The molecule has 0 bridgehead atoms. The molecule has 1 aromatic carbocycles. The third kappa shape index (κ3) is 3.25. The molecule has 98 valence electrons. The first-order valence-corrected chi connectivity index (χ1v) is 6.64. The Morgan fingerprint density at radius 3 is 2.94 bits per heavy atom. The normalized spacial score (nSPS) is 11.2. The van der Waals surface area contributed by atoms with Gasteiger partial charge in [0.2, 0.25) is 0 Å². The molecule has 0 fully saturated rings. The van der Waals surface area contributed by atoms with E-state index in [0.717, 1.165) is 43.1 Å². The van der Waals surface area contributed by atoms with Crippen molar-refractivity contribution in [2.45, 2.75) is 13.0 Å². The molecule has 0 amide bonds. The summed E-state index contributed by atoms with van der Waals surface area (Å²) < 4.78 is 7.20. The number of benzene rings is 1. The van der Waals surface area contributed by atoms with Crippen LogP contribution in [-0.2, 0) is 11.3 Å². The van der Waals surface area contributed by atoms with E-state index in [9.17, 15) is 0 Å². The van der Waals surface area contributed by atoms with Crippen molar-refractivity contribution in [1.82, 2.24) is 9.88 Å². The zero-order valence-electron chi connectivity index (χ0n) is 10.7. The number of aromatic nitrogens is 1. The first kappa shape index (κ1) is 13.4. The van der Waals surface area contributed by atoms with Crippen LogP contribution in [0, 0.1) is 0 Å². The van der Waals surface area contributed by atoms with Crippen molar-refractivity contribution < 1.29 is 4.74 Å². The first-order valence-electron chi connectivity index (χ1n) is 6.26. The van der Waals surface area contributed by atoms with Crippen LogP contribution in [-0.4, -0.2) is 31.4 Å². The van der Waals surface area contributed by atoms with E-state index >= 15 is 0 Å². The van der Waals surface area contributed by atoms with E-state index in [1.54, 1.807) is 7.11 Å². The van der Waals surface area contributed by atoms with Crippen molar-refractivity contribution in [2.24, 2.45) is 0 Å². The molecular formula is C14H19ClN2O. The molecule has 0 aliphatic heterocycles. The van der Waals surface area contributed by atoms with Crippen molar-refractivity contribution in [1.29, 1.82) is 0 Å². The second-order valence-electron chi connectivity index (χ2n) is 4.28. The fourth-order valence-corrected chi connectivity index (χ4v) is 2.34. The van der Waals surface area contributed by atoms with E-state index in [4.69, 9.17) is 16.3 Å². The summed E-state index contributed by atoms with van der Waals surface area (Å²) in [6.07, 6.45) is 3.10. The zero-order valence-corrected chi connectivity index (χ0v) is 11.4. The highest BCUT2D eigenvalue weighted by Crippen LogP contribution is 2.25. The average Bonchev–Trinajstić information content (AvgIpc) is 2.71. The van der Waals surface area contributed by atoms with E-state index in [0.29, 0.717) is 0 Å². The van der Waals surface area contributed by atoms with Crippen LogP contribution in [0.3, 0.4) is 0 Å². The van der Waals surface area contributed by atoms with Gasteiger partial charge >= 0.3 is 0 Å². The van der Waals surface area contributed by atoms with Crippen molar-refractivity contribution in [3.63, 3.8) is 0 Å². The Hall–Kier alpha value is -1.03. The molecule has 2 rings (SSSR count). The highest BCUT2D eigenvalue weighted by molar-refractivity contribution is 6.35. The van der Waals surface area contributed by atoms with Gasteiger partial charge in [-0.25, -0.2) is 0 Å². The van der Waals surface area contributed by atoms with E-state index in [-0.39, 0.29) is 0 Å². The van der Waals surface area contributed by atoms with Crippen molar-refractivity contribution in [3.05, 3.63) is 35.5 Å². The van der Waals surface area contributed by atoms with Crippen molar-refractivity contribution >= 4 is 22.5 Å². The van der Waals surface area contributed by atoms with E-state index < -0.39 is 0 Å². The maximum absolute atomic E-state index is 6.21. The second-order valence-corrected chi connectivity index (χ2v) is 4.69. The summed E-state index contributed by atoms with van der Waals surface area (Å²) in [5.41, 5.74) is 1.21. The lowest BCUT2D eigenvalue weighted by molar-refractivity contribution is 0.199. The molecule has 0 saturated heterocycles. The molecule has 0 aliphatic carbocycles. The number of nitrogens with zero attached hydrogens (tertiary/aromatic N) is 1. The van der Waals surface area contributed by atoms with Gasteiger partial charge in [-0.2, -0.15) is 0 Å². The summed E-state index contributed by atoms with van der Waals surface area (Å²) in [5.74, 6) is 0. The maximum atomic E-state index is 6.21. The number of aryl methyl sites for hydroxylation is 1. The van der Waals surface area contributed by atoms with Gasteiger partial charge in [-0.1, -0.05) is 29.8 Å². The zero-order chi connectivity index (χ0) is 12.8. The number of fused-ring (bicyclic) bond motifs is 1.